The zero-order chi connectivity index (χ0) is 21.4. The van der Waals surface area contributed by atoms with Crippen LogP contribution in [0.1, 0.15) is 67.8 Å². The number of carboxylic acids is 1. The van der Waals surface area contributed by atoms with Crippen molar-refractivity contribution in [1.82, 2.24) is 0 Å². The Labute approximate surface area is 178 Å². The molecule has 2 aromatic carbocycles. The average Bonchev–Trinajstić information content (AvgIpc) is 2.76. The summed E-state index contributed by atoms with van der Waals surface area (Å²) in [5.74, 6) is -0.451. The molecule has 0 saturated heterocycles. The summed E-state index contributed by atoms with van der Waals surface area (Å²) in [6.45, 7) is 2.27. The fourth-order valence-corrected chi connectivity index (χ4v) is 4.06. The molecule has 0 bridgehead atoms. The van der Waals surface area contributed by atoms with Crippen LogP contribution in [0, 0.1) is 5.41 Å². The zero-order valence-corrected chi connectivity index (χ0v) is 17.5. The predicted molar refractivity (Wildman–Crippen MR) is 119 cm³/mol. The van der Waals surface area contributed by atoms with Gasteiger partial charge in [-0.2, -0.15) is 0 Å². The van der Waals surface area contributed by atoms with E-state index in [4.69, 9.17) is 4.74 Å². The Kier molecular flexibility index (Phi) is 7.45. The highest BCUT2D eigenvalue weighted by Crippen LogP contribution is 2.40. The first kappa shape index (κ1) is 21.8. The van der Waals surface area contributed by atoms with Crippen molar-refractivity contribution in [3.05, 3.63) is 71.8 Å². The number of benzene rings is 2. The Morgan fingerprint density at radius 1 is 1.03 bits per heavy atom. The van der Waals surface area contributed by atoms with Crippen LogP contribution in [0.15, 0.2) is 60.7 Å². The van der Waals surface area contributed by atoms with Gasteiger partial charge in [-0.1, -0.05) is 74.7 Å². The molecule has 0 amide bonds. The second-order valence-electron chi connectivity index (χ2n) is 8.49. The lowest BCUT2D eigenvalue weighted by Crippen LogP contribution is -2.30. The summed E-state index contributed by atoms with van der Waals surface area (Å²) in [4.78, 5) is 23.8. The van der Waals surface area contributed by atoms with Gasteiger partial charge in [0.1, 0.15) is 5.75 Å². The molecule has 0 aromatic heterocycles. The van der Waals surface area contributed by atoms with Gasteiger partial charge in [0.15, 0.2) is 11.9 Å². The van der Waals surface area contributed by atoms with Crippen LogP contribution in [0.3, 0.4) is 0 Å². The molecular formula is C26H30O4. The predicted octanol–water partition coefficient (Wildman–Crippen LogP) is 6.17. The van der Waals surface area contributed by atoms with E-state index in [0.29, 0.717) is 17.7 Å². The standard InChI is InChI=1S/C26H30O4/c1-26(17-6-3-7-18-26)19-16-24(25(28)29)30-22-13-10-20(11-14-22)12-15-23(27)21-8-4-2-5-9-21/h2,4-5,8-15,24H,3,6-7,16-19H2,1H3,(H,28,29)/b15-12+. The lowest BCUT2D eigenvalue weighted by Gasteiger charge is -2.34. The van der Waals surface area contributed by atoms with E-state index in [-0.39, 0.29) is 11.2 Å². The molecule has 30 heavy (non-hydrogen) atoms. The van der Waals surface area contributed by atoms with Gasteiger partial charge in [0, 0.05) is 5.56 Å². The van der Waals surface area contributed by atoms with E-state index in [1.54, 1.807) is 30.3 Å². The van der Waals surface area contributed by atoms with Gasteiger partial charge in [0.25, 0.3) is 0 Å². The molecule has 4 heteroatoms. The number of carbonyl (C=O) groups is 2. The van der Waals surface area contributed by atoms with Gasteiger partial charge in [-0.3, -0.25) is 4.79 Å². The third-order valence-electron chi connectivity index (χ3n) is 5.99. The zero-order valence-electron chi connectivity index (χ0n) is 17.5. The Morgan fingerprint density at radius 2 is 1.70 bits per heavy atom. The van der Waals surface area contributed by atoms with Crippen LogP contribution in [-0.4, -0.2) is 23.0 Å². The maximum absolute atomic E-state index is 12.2. The summed E-state index contributed by atoms with van der Waals surface area (Å²) in [5.41, 5.74) is 1.73. The Balaban J connectivity index is 1.56. The summed E-state index contributed by atoms with van der Waals surface area (Å²) in [6.07, 6.45) is 9.91. The van der Waals surface area contributed by atoms with Crippen molar-refractivity contribution < 1.29 is 19.4 Å². The molecule has 4 nitrogen and oxygen atoms in total. The SMILES string of the molecule is CC1(CCC(Oc2ccc(/C=C/C(=O)c3ccccc3)cc2)C(=O)O)CCCCC1. The van der Waals surface area contributed by atoms with Gasteiger partial charge in [-0.05, 0) is 54.9 Å². The smallest absolute Gasteiger partial charge is 0.344 e. The number of ketones is 1. The topological polar surface area (TPSA) is 63.6 Å². The number of rotatable bonds is 9. The number of hydrogen-bond donors (Lipinski definition) is 1. The van der Waals surface area contributed by atoms with Crippen molar-refractivity contribution >= 4 is 17.8 Å². The third-order valence-corrected chi connectivity index (χ3v) is 5.99. The van der Waals surface area contributed by atoms with E-state index < -0.39 is 12.1 Å². The number of hydrogen-bond acceptors (Lipinski definition) is 3. The van der Waals surface area contributed by atoms with Crippen LogP contribution in [0.2, 0.25) is 0 Å². The van der Waals surface area contributed by atoms with Crippen LogP contribution < -0.4 is 4.74 Å². The molecule has 1 fully saturated rings. The number of aliphatic carboxylic acids is 1. The normalized spacial score (nSPS) is 16.8. The minimum absolute atomic E-state index is 0.0573. The van der Waals surface area contributed by atoms with Gasteiger partial charge in [0.2, 0.25) is 0 Å². The Morgan fingerprint density at radius 3 is 2.33 bits per heavy atom. The largest absolute Gasteiger partial charge is 0.479 e. The minimum Gasteiger partial charge on any atom is -0.479 e. The molecule has 0 aliphatic heterocycles. The summed E-state index contributed by atoms with van der Waals surface area (Å²) >= 11 is 0. The van der Waals surface area contributed by atoms with Crippen LogP contribution >= 0.6 is 0 Å². The quantitative estimate of drug-likeness (QED) is 0.400. The molecular weight excluding hydrogens is 376 g/mol. The number of allylic oxidation sites excluding steroid dienone is 1. The van der Waals surface area contributed by atoms with E-state index in [1.165, 1.54) is 38.2 Å². The molecule has 1 atom stereocenters. The molecule has 0 heterocycles. The van der Waals surface area contributed by atoms with Crippen LogP contribution in [0.4, 0.5) is 0 Å². The van der Waals surface area contributed by atoms with Crippen molar-refractivity contribution in [3.8, 4) is 5.75 Å². The van der Waals surface area contributed by atoms with Gasteiger partial charge in [-0.25, -0.2) is 4.79 Å². The molecule has 1 unspecified atom stereocenters. The molecule has 2 aromatic rings. The monoisotopic (exact) mass is 406 g/mol. The average molecular weight is 407 g/mol. The highest BCUT2D eigenvalue weighted by Gasteiger charge is 2.30. The van der Waals surface area contributed by atoms with E-state index >= 15 is 0 Å². The maximum atomic E-state index is 12.2. The van der Waals surface area contributed by atoms with Gasteiger partial charge >= 0.3 is 5.97 Å². The second kappa shape index (κ2) is 10.2. The van der Waals surface area contributed by atoms with Gasteiger partial charge in [-0.15, -0.1) is 0 Å². The first-order valence-electron chi connectivity index (χ1n) is 10.7. The lowest BCUT2D eigenvalue weighted by molar-refractivity contribution is -0.145. The van der Waals surface area contributed by atoms with Crippen molar-refractivity contribution in [2.24, 2.45) is 5.41 Å². The van der Waals surface area contributed by atoms with Crippen molar-refractivity contribution in [1.29, 1.82) is 0 Å². The Hall–Kier alpha value is -2.88. The molecule has 1 aliphatic carbocycles. The van der Waals surface area contributed by atoms with Crippen molar-refractivity contribution in [2.45, 2.75) is 58.0 Å². The van der Waals surface area contributed by atoms with E-state index in [2.05, 4.69) is 6.92 Å². The third kappa shape index (κ3) is 6.31. The molecule has 0 spiro atoms. The fraction of sp³-hybridized carbons (Fsp3) is 0.385. The summed E-state index contributed by atoms with van der Waals surface area (Å²) < 4.78 is 5.77. The Bertz CT molecular complexity index is 862. The maximum Gasteiger partial charge on any atom is 0.344 e. The van der Waals surface area contributed by atoms with Crippen molar-refractivity contribution in [3.63, 3.8) is 0 Å². The minimum atomic E-state index is -0.924. The number of carbonyl (C=O) groups excluding carboxylic acids is 1. The number of ether oxygens (including phenoxy) is 1. The van der Waals surface area contributed by atoms with E-state index in [1.807, 2.05) is 30.3 Å². The second-order valence-corrected chi connectivity index (χ2v) is 8.49. The highest BCUT2D eigenvalue weighted by atomic mass is 16.5. The van der Waals surface area contributed by atoms with Gasteiger partial charge < -0.3 is 9.84 Å². The van der Waals surface area contributed by atoms with Crippen LogP contribution in [0.5, 0.6) is 5.75 Å². The van der Waals surface area contributed by atoms with Crippen LogP contribution in [-0.2, 0) is 4.79 Å². The molecule has 3 rings (SSSR count). The van der Waals surface area contributed by atoms with E-state index in [0.717, 1.165) is 12.0 Å². The van der Waals surface area contributed by atoms with Crippen LogP contribution in [0.25, 0.3) is 6.08 Å². The molecule has 158 valence electrons. The molecule has 1 saturated carbocycles. The molecule has 1 N–H and O–H groups in total. The highest BCUT2D eigenvalue weighted by molar-refractivity contribution is 6.06. The lowest BCUT2D eigenvalue weighted by atomic mass is 9.72. The molecule has 0 radical (unpaired) electrons. The van der Waals surface area contributed by atoms with Gasteiger partial charge in [0.05, 0.1) is 0 Å². The first-order valence-corrected chi connectivity index (χ1v) is 10.7. The molecule has 1 aliphatic rings. The number of carboxylic acid groups (broad SMARTS) is 1. The summed E-state index contributed by atoms with van der Waals surface area (Å²) in [7, 11) is 0. The summed E-state index contributed by atoms with van der Waals surface area (Å²) in [5, 5.41) is 9.58. The first-order chi connectivity index (χ1) is 14.5. The fourth-order valence-electron chi connectivity index (χ4n) is 4.06. The summed E-state index contributed by atoms with van der Waals surface area (Å²) in [6, 6.07) is 16.3. The van der Waals surface area contributed by atoms with Crippen molar-refractivity contribution in [2.75, 3.05) is 0 Å². The van der Waals surface area contributed by atoms with E-state index in [9.17, 15) is 14.7 Å².